The summed E-state index contributed by atoms with van der Waals surface area (Å²) in [4.78, 5) is 0. The van der Waals surface area contributed by atoms with Crippen molar-refractivity contribution in [3.05, 3.63) is 82.3 Å². The quantitative estimate of drug-likeness (QED) is 0.268. The van der Waals surface area contributed by atoms with Gasteiger partial charge in [-0.1, -0.05) is 48.0 Å². The molecule has 5 rings (SSSR count). The molecule has 0 unspecified atom stereocenters. The fourth-order valence-electron chi connectivity index (χ4n) is 3.27. The monoisotopic (exact) mass is 438 g/mol. The predicted octanol–water partition coefficient (Wildman–Crippen LogP) is 8.42. The number of hydrogen-bond donors (Lipinski definition) is 0. The summed E-state index contributed by atoms with van der Waals surface area (Å²) in [5.41, 5.74) is 0. The Balaban J connectivity index is 1.80. The van der Waals surface area contributed by atoms with Crippen molar-refractivity contribution < 1.29 is 4.74 Å². The average Bonchev–Trinajstić information content (AvgIpc) is 3.04. The molecule has 0 atom stereocenters. The lowest BCUT2D eigenvalue weighted by Gasteiger charge is -2.10. The van der Waals surface area contributed by atoms with Crippen LogP contribution in [0.3, 0.4) is 0 Å². The molecular weight excluding hydrogens is 428 g/mol. The summed E-state index contributed by atoms with van der Waals surface area (Å²) in [6.07, 6.45) is 0. The van der Waals surface area contributed by atoms with E-state index in [2.05, 4.69) is 52.3 Å². The smallest absolute Gasteiger partial charge is 0.136 e. The first-order chi connectivity index (χ1) is 12.7. The summed E-state index contributed by atoms with van der Waals surface area (Å²) in [6.45, 7) is 0. The van der Waals surface area contributed by atoms with E-state index in [0.717, 1.165) is 21.4 Å². The third-order valence-electron chi connectivity index (χ3n) is 4.46. The maximum atomic E-state index is 6.22. The Morgan fingerprint density at radius 2 is 1.54 bits per heavy atom. The molecule has 1 heterocycles. The number of benzene rings is 4. The first kappa shape index (κ1) is 16.1. The standard InChI is InChI=1S/C22H12BrClOS/c23-18-5-2-4-16-17-12-7-13-3-1-6-19(20(13)22(17)26-21(16)18)25-15-10-8-14(24)9-11-15/h1-12H. The van der Waals surface area contributed by atoms with Gasteiger partial charge in [-0.25, -0.2) is 0 Å². The Kier molecular flexibility index (Phi) is 3.89. The molecule has 0 aliphatic rings. The first-order valence-corrected chi connectivity index (χ1v) is 10.2. The van der Waals surface area contributed by atoms with E-state index in [1.165, 1.54) is 25.6 Å². The van der Waals surface area contributed by atoms with Gasteiger partial charge in [-0.2, -0.15) is 0 Å². The lowest BCUT2D eigenvalue weighted by Crippen LogP contribution is -1.86. The van der Waals surface area contributed by atoms with Gasteiger partial charge in [-0.15, -0.1) is 11.3 Å². The van der Waals surface area contributed by atoms with Gasteiger partial charge in [-0.05, 0) is 57.7 Å². The third kappa shape index (κ3) is 2.59. The van der Waals surface area contributed by atoms with Gasteiger partial charge >= 0.3 is 0 Å². The molecule has 0 aliphatic carbocycles. The molecule has 0 aliphatic heterocycles. The summed E-state index contributed by atoms with van der Waals surface area (Å²) < 4.78 is 9.85. The molecule has 0 fully saturated rings. The highest BCUT2D eigenvalue weighted by Crippen LogP contribution is 2.44. The topological polar surface area (TPSA) is 9.23 Å². The number of fused-ring (bicyclic) bond motifs is 5. The highest BCUT2D eigenvalue weighted by atomic mass is 79.9. The van der Waals surface area contributed by atoms with Crippen molar-refractivity contribution in [1.82, 2.24) is 0 Å². The minimum Gasteiger partial charge on any atom is -0.457 e. The molecule has 0 bridgehead atoms. The summed E-state index contributed by atoms with van der Waals surface area (Å²) >= 11 is 11.5. The zero-order valence-electron chi connectivity index (χ0n) is 13.5. The molecule has 0 radical (unpaired) electrons. The van der Waals surface area contributed by atoms with Crippen LogP contribution in [0.15, 0.2) is 77.3 Å². The molecule has 126 valence electrons. The molecule has 0 spiro atoms. The molecule has 4 heteroatoms. The van der Waals surface area contributed by atoms with Crippen molar-refractivity contribution in [1.29, 1.82) is 0 Å². The van der Waals surface area contributed by atoms with Crippen LogP contribution in [-0.2, 0) is 0 Å². The van der Waals surface area contributed by atoms with Crippen LogP contribution >= 0.6 is 38.9 Å². The van der Waals surface area contributed by atoms with Crippen molar-refractivity contribution in [2.24, 2.45) is 0 Å². The van der Waals surface area contributed by atoms with Crippen molar-refractivity contribution in [2.75, 3.05) is 0 Å². The second-order valence-corrected chi connectivity index (χ2v) is 8.38. The number of ether oxygens (including phenoxy) is 1. The Hall–Kier alpha value is -2.07. The average molecular weight is 440 g/mol. The minimum atomic E-state index is 0.701. The van der Waals surface area contributed by atoms with Crippen LogP contribution in [0.5, 0.6) is 11.5 Å². The SMILES string of the molecule is Clc1ccc(Oc2cccc3ccc4c5cccc(Br)c5sc4c23)cc1. The highest BCUT2D eigenvalue weighted by Gasteiger charge is 2.13. The Bertz CT molecular complexity index is 1270. The van der Waals surface area contributed by atoms with Crippen LogP contribution in [-0.4, -0.2) is 0 Å². The summed E-state index contributed by atoms with van der Waals surface area (Å²) in [6, 6.07) is 24.4. The maximum absolute atomic E-state index is 6.22. The molecule has 0 saturated heterocycles. The first-order valence-electron chi connectivity index (χ1n) is 8.16. The van der Waals surface area contributed by atoms with Crippen LogP contribution in [0.1, 0.15) is 0 Å². The Morgan fingerprint density at radius 3 is 2.38 bits per heavy atom. The van der Waals surface area contributed by atoms with Crippen molar-refractivity contribution in [3.8, 4) is 11.5 Å². The molecular formula is C22H12BrClOS. The molecule has 0 amide bonds. The largest absolute Gasteiger partial charge is 0.457 e. The van der Waals surface area contributed by atoms with E-state index in [1.807, 2.05) is 36.4 Å². The van der Waals surface area contributed by atoms with Gasteiger partial charge in [0.25, 0.3) is 0 Å². The number of rotatable bonds is 2. The lowest BCUT2D eigenvalue weighted by atomic mass is 10.1. The van der Waals surface area contributed by atoms with E-state index in [-0.39, 0.29) is 0 Å². The highest BCUT2D eigenvalue weighted by molar-refractivity contribution is 9.10. The van der Waals surface area contributed by atoms with E-state index in [9.17, 15) is 0 Å². The van der Waals surface area contributed by atoms with E-state index < -0.39 is 0 Å². The summed E-state index contributed by atoms with van der Waals surface area (Å²) in [7, 11) is 0. The van der Waals surface area contributed by atoms with Gasteiger partial charge in [0.1, 0.15) is 11.5 Å². The second kappa shape index (κ2) is 6.27. The molecule has 5 aromatic rings. The van der Waals surface area contributed by atoms with Gasteiger partial charge in [0.05, 0.1) is 0 Å². The van der Waals surface area contributed by atoms with Crippen LogP contribution in [0.2, 0.25) is 5.02 Å². The Morgan fingerprint density at radius 1 is 0.769 bits per heavy atom. The fraction of sp³-hybridized carbons (Fsp3) is 0. The van der Waals surface area contributed by atoms with Crippen molar-refractivity contribution in [3.63, 3.8) is 0 Å². The minimum absolute atomic E-state index is 0.701. The molecule has 0 N–H and O–H groups in total. The van der Waals surface area contributed by atoms with Crippen LogP contribution in [0, 0.1) is 0 Å². The molecule has 4 aromatic carbocycles. The van der Waals surface area contributed by atoms with Gasteiger partial charge in [0.15, 0.2) is 0 Å². The number of halogens is 2. The summed E-state index contributed by atoms with van der Waals surface area (Å²) in [5.74, 6) is 1.64. The maximum Gasteiger partial charge on any atom is 0.136 e. The third-order valence-corrected chi connectivity index (χ3v) is 6.91. The van der Waals surface area contributed by atoms with Gasteiger partial charge in [-0.3, -0.25) is 0 Å². The van der Waals surface area contributed by atoms with Crippen molar-refractivity contribution in [2.45, 2.75) is 0 Å². The van der Waals surface area contributed by atoms with Crippen LogP contribution in [0.25, 0.3) is 30.9 Å². The van der Waals surface area contributed by atoms with E-state index in [1.54, 1.807) is 11.3 Å². The predicted molar refractivity (Wildman–Crippen MR) is 116 cm³/mol. The van der Waals surface area contributed by atoms with Crippen molar-refractivity contribution >= 4 is 69.8 Å². The van der Waals surface area contributed by atoms with Gasteiger partial charge in [0.2, 0.25) is 0 Å². The second-order valence-electron chi connectivity index (χ2n) is 6.07. The normalized spacial score (nSPS) is 11.5. The van der Waals surface area contributed by atoms with E-state index in [4.69, 9.17) is 16.3 Å². The number of thiophene rings is 1. The van der Waals surface area contributed by atoms with E-state index in [0.29, 0.717) is 5.02 Å². The van der Waals surface area contributed by atoms with E-state index >= 15 is 0 Å². The molecule has 1 aromatic heterocycles. The van der Waals surface area contributed by atoms with Crippen LogP contribution < -0.4 is 4.74 Å². The lowest BCUT2D eigenvalue weighted by molar-refractivity contribution is 0.489. The van der Waals surface area contributed by atoms with Gasteiger partial charge in [0, 0.05) is 35.1 Å². The fourth-order valence-corrected chi connectivity index (χ4v) is 5.27. The van der Waals surface area contributed by atoms with Gasteiger partial charge < -0.3 is 4.74 Å². The Labute approximate surface area is 167 Å². The molecule has 1 nitrogen and oxygen atoms in total. The summed E-state index contributed by atoms with van der Waals surface area (Å²) in [5, 5.41) is 5.54. The zero-order valence-corrected chi connectivity index (χ0v) is 16.7. The zero-order chi connectivity index (χ0) is 17.7. The van der Waals surface area contributed by atoms with Crippen LogP contribution in [0.4, 0.5) is 0 Å². The number of hydrogen-bond acceptors (Lipinski definition) is 2. The molecule has 26 heavy (non-hydrogen) atoms. The molecule has 0 saturated carbocycles.